The van der Waals surface area contributed by atoms with Gasteiger partial charge in [0.1, 0.15) is 6.04 Å². The first kappa shape index (κ1) is 26.4. The maximum atomic E-state index is 13.8. The van der Waals surface area contributed by atoms with Crippen LogP contribution in [0, 0.1) is 10.1 Å². The third-order valence-electron chi connectivity index (χ3n) is 6.77. The molecule has 1 unspecified atom stereocenters. The predicted octanol–water partition coefficient (Wildman–Crippen LogP) is 5.49. The van der Waals surface area contributed by atoms with Crippen molar-refractivity contribution in [2.24, 2.45) is 0 Å². The molecule has 37 heavy (non-hydrogen) atoms. The highest BCUT2D eigenvalue weighted by Gasteiger charge is 2.33. The monoisotopic (exact) mass is 519 g/mol. The number of nitro groups is 1. The molecule has 1 N–H and O–H groups in total. The molecule has 4 rings (SSSR count). The number of nitro benzene ring substituents is 1. The van der Waals surface area contributed by atoms with Crippen molar-refractivity contribution >= 4 is 29.1 Å². The Morgan fingerprint density at radius 3 is 2.27 bits per heavy atom. The molecule has 0 radical (unpaired) electrons. The molecular formula is C29H30ClN3O4. The van der Waals surface area contributed by atoms with Crippen molar-refractivity contribution in [3.05, 3.63) is 111 Å². The van der Waals surface area contributed by atoms with E-state index in [0.717, 1.165) is 36.8 Å². The van der Waals surface area contributed by atoms with Crippen LogP contribution in [0.25, 0.3) is 0 Å². The number of nitrogens with zero attached hydrogens (tertiary/aromatic N) is 2. The second-order valence-corrected chi connectivity index (χ2v) is 9.84. The van der Waals surface area contributed by atoms with Gasteiger partial charge in [0.05, 0.1) is 11.3 Å². The van der Waals surface area contributed by atoms with Crippen LogP contribution < -0.4 is 5.32 Å². The first-order valence-electron chi connectivity index (χ1n) is 12.5. The highest BCUT2D eigenvalue weighted by atomic mass is 35.5. The van der Waals surface area contributed by atoms with Crippen LogP contribution in [0.4, 0.5) is 5.69 Å². The molecule has 0 heterocycles. The Kier molecular flexibility index (Phi) is 8.90. The summed E-state index contributed by atoms with van der Waals surface area (Å²) in [6.07, 6.45) is 4.12. The van der Waals surface area contributed by atoms with Gasteiger partial charge in [-0.1, -0.05) is 85.1 Å². The van der Waals surface area contributed by atoms with Gasteiger partial charge in [0, 0.05) is 35.7 Å². The first-order valence-corrected chi connectivity index (χ1v) is 12.9. The summed E-state index contributed by atoms with van der Waals surface area (Å²) in [5.74, 6) is -0.563. The molecule has 2 amide bonds. The molecule has 0 aliphatic heterocycles. The van der Waals surface area contributed by atoms with Gasteiger partial charge in [0.15, 0.2) is 0 Å². The Morgan fingerprint density at radius 2 is 1.59 bits per heavy atom. The van der Waals surface area contributed by atoms with Crippen LogP contribution in [0.15, 0.2) is 78.9 Å². The van der Waals surface area contributed by atoms with Gasteiger partial charge in [0.25, 0.3) is 5.69 Å². The molecule has 3 aromatic carbocycles. The molecule has 1 saturated carbocycles. The zero-order valence-electron chi connectivity index (χ0n) is 20.5. The van der Waals surface area contributed by atoms with Crippen LogP contribution in [0.5, 0.6) is 0 Å². The second-order valence-electron chi connectivity index (χ2n) is 9.41. The Hall–Kier alpha value is -3.71. The third kappa shape index (κ3) is 7.17. The lowest BCUT2D eigenvalue weighted by atomic mass is 10.0. The lowest BCUT2D eigenvalue weighted by molar-refractivity contribution is -0.385. The minimum Gasteiger partial charge on any atom is -0.352 e. The number of amides is 2. The van der Waals surface area contributed by atoms with Crippen molar-refractivity contribution in [2.75, 3.05) is 0 Å². The summed E-state index contributed by atoms with van der Waals surface area (Å²) in [5.41, 5.74) is 1.94. The van der Waals surface area contributed by atoms with Crippen molar-refractivity contribution in [2.45, 2.75) is 57.2 Å². The molecule has 192 valence electrons. The van der Waals surface area contributed by atoms with E-state index in [1.165, 1.54) is 6.07 Å². The quantitative estimate of drug-likeness (QED) is 0.283. The van der Waals surface area contributed by atoms with Crippen LogP contribution >= 0.6 is 11.6 Å². The molecule has 1 aliphatic carbocycles. The van der Waals surface area contributed by atoms with Crippen LogP contribution in [0.3, 0.4) is 0 Å². The van der Waals surface area contributed by atoms with Crippen molar-refractivity contribution < 1.29 is 14.5 Å². The lowest BCUT2D eigenvalue weighted by Gasteiger charge is -2.32. The van der Waals surface area contributed by atoms with Gasteiger partial charge in [-0.05, 0) is 36.1 Å². The van der Waals surface area contributed by atoms with Gasteiger partial charge < -0.3 is 10.2 Å². The molecule has 0 saturated heterocycles. The number of carbonyl (C=O) groups is 2. The smallest absolute Gasteiger partial charge is 0.273 e. The van der Waals surface area contributed by atoms with Gasteiger partial charge in [0.2, 0.25) is 11.8 Å². The molecule has 0 spiro atoms. The maximum Gasteiger partial charge on any atom is 0.273 e. The summed E-state index contributed by atoms with van der Waals surface area (Å²) in [6.45, 7) is 0.173. The average molecular weight is 520 g/mol. The topological polar surface area (TPSA) is 92.6 Å². The van der Waals surface area contributed by atoms with E-state index in [9.17, 15) is 19.7 Å². The van der Waals surface area contributed by atoms with Crippen molar-refractivity contribution in [3.63, 3.8) is 0 Å². The van der Waals surface area contributed by atoms with Gasteiger partial charge in [-0.3, -0.25) is 19.7 Å². The van der Waals surface area contributed by atoms with Crippen molar-refractivity contribution in [3.8, 4) is 0 Å². The summed E-state index contributed by atoms with van der Waals surface area (Å²) in [5, 5.41) is 15.3. The van der Waals surface area contributed by atoms with E-state index < -0.39 is 11.0 Å². The zero-order valence-corrected chi connectivity index (χ0v) is 21.3. The predicted molar refractivity (Wildman–Crippen MR) is 143 cm³/mol. The first-order chi connectivity index (χ1) is 17.9. The summed E-state index contributed by atoms with van der Waals surface area (Å²) in [6, 6.07) is 22.2. The molecule has 3 aromatic rings. The van der Waals surface area contributed by atoms with E-state index in [-0.39, 0.29) is 36.5 Å². The Bertz CT molecular complexity index is 1230. The van der Waals surface area contributed by atoms with Crippen LogP contribution in [0.1, 0.15) is 42.4 Å². The number of para-hydroxylation sites is 1. The van der Waals surface area contributed by atoms with E-state index in [1.54, 1.807) is 35.2 Å². The van der Waals surface area contributed by atoms with Gasteiger partial charge >= 0.3 is 0 Å². The molecule has 1 fully saturated rings. The summed E-state index contributed by atoms with van der Waals surface area (Å²) in [4.78, 5) is 40.2. The van der Waals surface area contributed by atoms with Crippen LogP contribution in [-0.2, 0) is 29.0 Å². The number of hydrogen-bond acceptors (Lipinski definition) is 4. The lowest BCUT2D eigenvalue weighted by Crippen LogP contribution is -2.52. The van der Waals surface area contributed by atoms with Gasteiger partial charge in [-0.25, -0.2) is 0 Å². The fourth-order valence-corrected chi connectivity index (χ4v) is 4.94. The highest BCUT2D eigenvalue weighted by Crippen LogP contribution is 2.23. The normalized spacial score (nSPS) is 14.2. The largest absolute Gasteiger partial charge is 0.352 e. The van der Waals surface area contributed by atoms with Gasteiger partial charge in [-0.2, -0.15) is 0 Å². The Morgan fingerprint density at radius 1 is 0.946 bits per heavy atom. The fraction of sp³-hybridized carbons (Fsp3) is 0.310. The average Bonchev–Trinajstić information content (AvgIpc) is 3.41. The summed E-state index contributed by atoms with van der Waals surface area (Å²) >= 11 is 6.07. The number of hydrogen-bond donors (Lipinski definition) is 1. The molecule has 1 aliphatic rings. The van der Waals surface area contributed by atoms with E-state index in [1.807, 2.05) is 42.5 Å². The SMILES string of the molecule is O=C(NC1CCCC1)C(Cc1ccccc1)N(Cc1ccc(Cl)cc1)C(=O)Cc1ccccc1[N+](=O)[O-]. The Balaban J connectivity index is 1.68. The number of nitrogens with one attached hydrogen (secondary N) is 1. The van der Waals surface area contributed by atoms with Crippen LogP contribution in [-0.4, -0.2) is 33.7 Å². The van der Waals surface area contributed by atoms with Crippen molar-refractivity contribution in [1.82, 2.24) is 10.2 Å². The third-order valence-corrected chi connectivity index (χ3v) is 7.02. The fourth-order valence-electron chi connectivity index (χ4n) is 4.81. The molecule has 0 aromatic heterocycles. The minimum atomic E-state index is -0.783. The summed E-state index contributed by atoms with van der Waals surface area (Å²) in [7, 11) is 0. The van der Waals surface area contributed by atoms with E-state index in [2.05, 4.69) is 5.32 Å². The standard InChI is InChI=1S/C29H30ClN3O4/c30-24-16-14-22(15-17-24)20-32(28(34)19-23-10-4-7-13-26(23)33(36)37)27(18-21-8-2-1-3-9-21)29(35)31-25-11-5-6-12-25/h1-4,7-10,13-17,25,27H,5-6,11-12,18-20H2,(H,31,35). The Labute approximate surface area is 221 Å². The van der Waals surface area contributed by atoms with E-state index >= 15 is 0 Å². The van der Waals surface area contributed by atoms with Crippen molar-refractivity contribution in [1.29, 1.82) is 0 Å². The highest BCUT2D eigenvalue weighted by molar-refractivity contribution is 6.30. The molecule has 7 nitrogen and oxygen atoms in total. The number of rotatable bonds is 10. The zero-order chi connectivity index (χ0) is 26.2. The molecule has 0 bridgehead atoms. The number of benzene rings is 3. The van der Waals surface area contributed by atoms with Crippen LogP contribution in [0.2, 0.25) is 5.02 Å². The molecule has 1 atom stereocenters. The molecular weight excluding hydrogens is 490 g/mol. The molecule has 8 heteroatoms. The van der Waals surface area contributed by atoms with Gasteiger partial charge in [-0.15, -0.1) is 0 Å². The van der Waals surface area contributed by atoms with E-state index in [4.69, 9.17) is 11.6 Å². The number of carbonyl (C=O) groups excluding carboxylic acids is 2. The summed E-state index contributed by atoms with van der Waals surface area (Å²) < 4.78 is 0. The van der Waals surface area contributed by atoms with E-state index in [0.29, 0.717) is 17.0 Å². The number of halogens is 1. The maximum absolute atomic E-state index is 13.8. The second kappa shape index (κ2) is 12.5. The minimum absolute atomic E-state index is 0.0912.